The van der Waals surface area contributed by atoms with Gasteiger partial charge in [-0.2, -0.15) is 0 Å². The Kier molecular flexibility index (Phi) is 7.20. The van der Waals surface area contributed by atoms with Gasteiger partial charge in [0.15, 0.2) is 29.7 Å². The molecule has 0 bridgehead atoms. The van der Waals surface area contributed by atoms with Gasteiger partial charge in [-0.25, -0.2) is 0 Å². The van der Waals surface area contributed by atoms with Crippen LogP contribution in [-0.2, 0) is 19.1 Å². The number of Topliss-reactive ketones (excluding diaryl/α,β-unsaturated/α-hetero) is 2. The van der Waals surface area contributed by atoms with Crippen LogP contribution in [0.2, 0.25) is 0 Å². The Bertz CT molecular complexity index is 1320. The van der Waals surface area contributed by atoms with Gasteiger partial charge in [-0.05, 0) is 65.0 Å². The lowest BCUT2D eigenvalue weighted by atomic mass is 9.73. The van der Waals surface area contributed by atoms with Crippen LogP contribution >= 0.6 is 15.9 Å². The van der Waals surface area contributed by atoms with Crippen LogP contribution in [0, 0.1) is 6.92 Å². The van der Waals surface area contributed by atoms with E-state index in [0.717, 1.165) is 29.7 Å². The third-order valence-electron chi connectivity index (χ3n) is 6.99. The zero-order valence-electron chi connectivity index (χ0n) is 20.8. The monoisotopic (exact) mass is 565 g/mol. The van der Waals surface area contributed by atoms with Crippen LogP contribution in [0.25, 0.3) is 0 Å². The lowest BCUT2D eigenvalue weighted by Crippen LogP contribution is -2.30. The molecule has 0 unspecified atom stereocenters. The molecule has 1 aliphatic heterocycles. The number of methoxy groups -OCH3 is 1. The standard InChI is InChI=1S/C29H28BrNO6/c1-16-7-3-4-8-19(16)31-25(34)15-36-29-18(30)13-17(14-24(29)35-2)26-27-20(32)9-5-11-22(27)37-23-12-6-10-21(33)28(23)26/h3-4,7-8,13-14,26H,5-6,9-12,15H2,1-2H3,(H,31,34). The number of rotatable bonds is 6. The second-order valence-electron chi connectivity index (χ2n) is 9.45. The first kappa shape index (κ1) is 25.3. The molecule has 7 nitrogen and oxygen atoms in total. The minimum atomic E-state index is -0.511. The summed E-state index contributed by atoms with van der Waals surface area (Å²) in [7, 11) is 1.52. The molecule has 1 amide bonds. The minimum Gasteiger partial charge on any atom is -0.493 e. The Hall–Kier alpha value is -3.39. The summed E-state index contributed by atoms with van der Waals surface area (Å²) in [5.41, 5.74) is 3.56. The molecule has 1 heterocycles. The van der Waals surface area contributed by atoms with E-state index >= 15 is 0 Å². The number of allylic oxidation sites excluding steroid dienone is 4. The topological polar surface area (TPSA) is 90.9 Å². The number of nitrogens with one attached hydrogen (secondary N) is 1. The van der Waals surface area contributed by atoms with Crippen LogP contribution in [0.3, 0.4) is 0 Å². The number of aryl methyl sites for hydroxylation is 1. The van der Waals surface area contributed by atoms with Gasteiger partial charge in [0.1, 0.15) is 11.5 Å². The predicted molar refractivity (Wildman–Crippen MR) is 142 cm³/mol. The molecule has 0 atom stereocenters. The van der Waals surface area contributed by atoms with E-state index in [9.17, 15) is 14.4 Å². The third-order valence-corrected chi connectivity index (χ3v) is 7.58. The second-order valence-corrected chi connectivity index (χ2v) is 10.3. The molecule has 5 rings (SSSR count). The van der Waals surface area contributed by atoms with E-state index in [1.165, 1.54) is 7.11 Å². The fourth-order valence-corrected chi connectivity index (χ4v) is 5.81. The van der Waals surface area contributed by atoms with Crippen LogP contribution in [0.1, 0.15) is 55.6 Å². The number of carbonyl (C=O) groups is 3. The van der Waals surface area contributed by atoms with Crippen molar-refractivity contribution in [1.29, 1.82) is 0 Å². The summed E-state index contributed by atoms with van der Waals surface area (Å²) in [6, 6.07) is 11.1. The Morgan fingerprint density at radius 3 is 2.30 bits per heavy atom. The summed E-state index contributed by atoms with van der Waals surface area (Å²) in [5, 5.41) is 2.85. The molecule has 1 N–H and O–H groups in total. The first-order valence-electron chi connectivity index (χ1n) is 12.4. The molecule has 0 fully saturated rings. The van der Waals surface area contributed by atoms with Crippen molar-refractivity contribution in [3.63, 3.8) is 0 Å². The predicted octanol–water partition coefficient (Wildman–Crippen LogP) is 5.91. The highest BCUT2D eigenvalue weighted by Crippen LogP contribution is 2.50. The summed E-state index contributed by atoms with van der Waals surface area (Å²) >= 11 is 3.57. The van der Waals surface area contributed by atoms with E-state index in [-0.39, 0.29) is 24.1 Å². The van der Waals surface area contributed by atoms with Gasteiger partial charge in [0.25, 0.3) is 5.91 Å². The van der Waals surface area contributed by atoms with Gasteiger partial charge in [-0.15, -0.1) is 0 Å². The number of hydrogen-bond acceptors (Lipinski definition) is 6. The highest BCUT2D eigenvalue weighted by molar-refractivity contribution is 9.10. The molecule has 2 aromatic carbocycles. The van der Waals surface area contributed by atoms with E-state index in [0.29, 0.717) is 64.3 Å². The normalized spacial score (nSPS) is 17.7. The van der Waals surface area contributed by atoms with Crippen LogP contribution in [0.15, 0.2) is 63.5 Å². The number of anilines is 1. The van der Waals surface area contributed by atoms with E-state index < -0.39 is 5.92 Å². The summed E-state index contributed by atoms with van der Waals surface area (Å²) < 4.78 is 18.2. The molecule has 0 aromatic heterocycles. The highest BCUT2D eigenvalue weighted by Gasteiger charge is 2.42. The van der Waals surface area contributed by atoms with Gasteiger partial charge < -0.3 is 19.5 Å². The van der Waals surface area contributed by atoms with Gasteiger partial charge >= 0.3 is 0 Å². The molecule has 37 heavy (non-hydrogen) atoms. The summed E-state index contributed by atoms with van der Waals surface area (Å²) in [6.07, 6.45) is 3.71. The average molecular weight is 566 g/mol. The van der Waals surface area contributed by atoms with Crippen LogP contribution in [0.5, 0.6) is 11.5 Å². The number of carbonyl (C=O) groups excluding carboxylic acids is 3. The summed E-state index contributed by atoms with van der Waals surface area (Å²) in [6.45, 7) is 1.70. The number of benzene rings is 2. The van der Waals surface area contributed by atoms with Gasteiger partial charge in [0, 0.05) is 48.4 Å². The molecule has 3 aliphatic rings. The third kappa shape index (κ3) is 4.94. The average Bonchev–Trinajstić information content (AvgIpc) is 2.88. The fourth-order valence-electron chi connectivity index (χ4n) is 5.23. The lowest BCUT2D eigenvalue weighted by Gasteiger charge is -2.36. The Morgan fingerprint density at radius 2 is 1.68 bits per heavy atom. The van der Waals surface area contributed by atoms with Gasteiger partial charge in [-0.1, -0.05) is 18.2 Å². The molecule has 0 saturated heterocycles. The summed E-state index contributed by atoms with van der Waals surface area (Å²) in [5.74, 6) is 1.33. The van der Waals surface area contributed by atoms with Gasteiger partial charge in [0.2, 0.25) is 0 Å². The van der Waals surface area contributed by atoms with Crippen molar-refractivity contribution < 1.29 is 28.6 Å². The quantitative estimate of drug-likeness (QED) is 0.468. The number of hydrogen-bond donors (Lipinski definition) is 1. The van der Waals surface area contributed by atoms with Gasteiger partial charge in [-0.3, -0.25) is 14.4 Å². The van der Waals surface area contributed by atoms with Crippen LogP contribution in [0.4, 0.5) is 5.69 Å². The molecular formula is C29H28BrNO6. The number of amides is 1. The zero-order chi connectivity index (χ0) is 26.1. The molecule has 0 saturated carbocycles. The first-order valence-corrected chi connectivity index (χ1v) is 13.2. The van der Waals surface area contributed by atoms with Crippen molar-refractivity contribution >= 4 is 39.1 Å². The molecular weight excluding hydrogens is 538 g/mol. The molecule has 2 aliphatic carbocycles. The van der Waals surface area contributed by atoms with E-state index in [1.54, 1.807) is 6.07 Å². The number of ether oxygens (including phenoxy) is 3. The number of halogens is 1. The Labute approximate surface area is 224 Å². The number of ketones is 2. The molecule has 8 heteroatoms. The molecule has 2 aromatic rings. The van der Waals surface area contributed by atoms with E-state index in [4.69, 9.17) is 14.2 Å². The maximum atomic E-state index is 13.1. The van der Waals surface area contributed by atoms with Crippen molar-refractivity contribution in [2.75, 3.05) is 19.0 Å². The Morgan fingerprint density at radius 1 is 1.03 bits per heavy atom. The SMILES string of the molecule is COc1cc(C2C3=C(CCCC3=O)OC3=C2C(=O)CCC3)cc(Br)c1OCC(=O)Nc1ccccc1C. The van der Waals surface area contributed by atoms with Crippen molar-refractivity contribution in [2.45, 2.75) is 51.4 Å². The van der Waals surface area contributed by atoms with Crippen LogP contribution in [-0.4, -0.2) is 31.2 Å². The maximum absolute atomic E-state index is 13.1. The molecule has 192 valence electrons. The highest BCUT2D eigenvalue weighted by atomic mass is 79.9. The van der Waals surface area contributed by atoms with Crippen molar-refractivity contribution in [1.82, 2.24) is 0 Å². The smallest absolute Gasteiger partial charge is 0.262 e. The Balaban J connectivity index is 1.46. The largest absolute Gasteiger partial charge is 0.493 e. The molecule has 0 spiro atoms. The van der Waals surface area contributed by atoms with Crippen molar-refractivity contribution in [2.24, 2.45) is 0 Å². The molecule has 0 radical (unpaired) electrons. The minimum absolute atomic E-state index is 0.0134. The van der Waals surface area contributed by atoms with E-state index in [2.05, 4.69) is 21.2 Å². The van der Waals surface area contributed by atoms with Crippen molar-refractivity contribution in [3.8, 4) is 11.5 Å². The fraction of sp³-hybridized carbons (Fsp3) is 0.345. The summed E-state index contributed by atoms with van der Waals surface area (Å²) in [4.78, 5) is 38.7. The first-order chi connectivity index (χ1) is 17.9. The number of para-hydroxylation sites is 1. The maximum Gasteiger partial charge on any atom is 0.262 e. The van der Waals surface area contributed by atoms with Gasteiger partial charge in [0.05, 0.1) is 11.6 Å². The second kappa shape index (κ2) is 10.5. The van der Waals surface area contributed by atoms with Crippen molar-refractivity contribution in [3.05, 3.63) is 74.7 Å². The van der Waals surface area contributed by atoms with E-state index in [1.807, 2.05) is 37.3 Å². The zero-order valence-corrected chi connectivity index (χ0v) is 22.4. The lowest BCUT2D eigenvalue weighted by molar-refractivity contribution is -0.119. The van der Waals surface area contributed by atoms with Crippen LogP contribution < -0.4 is 14.8 Å².